The highest BCUT2D eigenvalue weighted by Gasteiger charge is 2.37. The minimum absolute atomic E-state index is 0.765. The standard InChI is InChI=1S/C15H29N3/c1-12-10-15(7-9-17(12)2)18(14-5-6-14)11-13-4-3-8-16-13/h12-16H,3-11H2,1-2H3. The average Bonchev–Trinajstić information content (AvgIpc) is 3.07. The van der Waals surface area contributed by atoms with E-state index in [1.165, 1.54) is 58.2 Å². The van der Waals surface area contributed by atoms with E-state index in [1.54, 1.807) is 0 Å². The van der Waals surface area contributed by atoms with E-state index in [9.17, 15) is 0 Å². The molecular weight excluding hydrogens is 222 g/mol. The van der Waals surface area contributed by atoms with Crippen LogP contribution < -0.4 is 5.32 Å². The maximum atomic E-state index is 3.68. The number of likely N-dealkylation sites (tertiary alicyclic amines) is 1. The van der Waals surface area contributed by atoms with E-state index < -0.39 is 0 Å². The predicted octanol–water partition coefficient (Wildman–Crippen LogP) is 1.69. The Bertz CT molecular complexity index is 271. The van der Waals surface area contributed by atoms with Gasteiger partial charge in [-0.1, -0.05) is 0 Å². The zero-order valence-electron chi connectivity index (χ0n) is 12.1. The van der Waals surface area contributed by atoms with Crippen molar-refractivity contribution in [3.05, 3.63) is 0 Å². The van der Waals surface area contributed by atoms with Crippen molar-refractivity contribution >= 4 is 0 Å². The molecule has 0 aromatic carbocycles. The molecule has 3 rings (SSSR count). The van der Waals surface area contributed by atoms with Gasteiger partial charge in [-0.2, -0.15) is 0 Å². The largest absolute Gasteiger partial charge is 0.313 e. The lowest BCUT2D eigenvalue weighted by atomic mass is 9.96. The van der Waals surface area contributed by atoms with E-state index in [2.05, 4.69) is 29.1 Å². The molecule has 1 aliphatic carbocycles. The summed E-state index contributed by atoms with van der Waals surface area (Å²) in [6, 6.07) is 3.32. The quantitative estimate of drug-likeness (QED) is 0.820. The van der Waals surface area contributed by atoms with E-state index in [1.807, 2.05) is 0 Å². The molecule has 0 radical (unpaired) electrons. The average molecular weight is 251 g/mol. The Morgan fingerprint density at radius 3 is 2.61 bits per heavy atom. The Morgan fingerprint density at radius 2 is 2.00 bits per heavy atom. The van der Waals surface area contributed by atoms with Crippen molar-refractivity contribution in [2.45, 2.75) is 69.6 Å². The monoisotopic (exact) mass is 251 g/mol. The molecule has 3 nitrogen and oxygen atoms in total. The van der Waals surface area contributed by atoms with Crippen molar-refractivity contribution in [2.75, 3.05) is 26.7 Å². The summed E-state index contributed by atoms with van der Waals surface area (Å²) in [5, 5.41) is 3.68. The van der Waals surface area contributed by atoms with Gasteiger partial charge in [-0.15, -0.1) is 0 Å². The molecule has 0 bridgehead atoms. The second kappa shape index (κ2) is 5.48. The molecule has 0 aromatic rings. The highest BCUT2D eigenvalue weighted by molar-refractivity contribution is 4.94. The van der Waals surface area contributed by atoms with Gasteiger partial charge in [0, 0.05) is 30.7 Å². The normalized spacial score (nSPS) is 38.5. The van der Waals surface area contributed by atoms with Gasteiger partial charge in [0.1, 0.15) is 0 Å². The zero-order valence-corrected chi connectivity index (χ0v) is 12.1. The van der Waals surface area contributed by atoms with Crippen LogP contribution in [0.15, 0.2) is 0 Å². The highest BCUT2D eigenvalue weighted by atomic mass is 15.3. The van der Waals surface area contributed by atoms with E-state index in [4.69, 9.17) is 0 Å². The van der Waals surface area contributed by atoms with E-state index in [0.29, 0.717) is 0 Å². The first-order valence-corrected chi connectivity index (χ1v) is 7.93. The van der Waals surface area contributed by atoms with Gasteiger partial charge in [-0.05, 0) is 65.6 Å². The number of nitrogens with one attached hydrogen (secondary N) is 1. The maximum absolute atomic E-state index is 3.68. The van der Waals surface area contributed by atoms with E-state index >= 15 is 0 Å². The van der Waals surface area contributed by atoms with Crippen LogP contribution in [0.5, 0.6) is 0 Å². The summed E-state index contributed by atoms with van der Waals surface area (Å²) in [5.74, 6) is 0. The SMILES string of the molecule is CC1CC(N(CC2CCCN2)C2CC2)CCN1C. The second-order valence-corrected chi connectivity index (χ2v) is 6.73. The molecule has 1 saturated carbocycles. The van der Waals surface area contributed by atoms with Crippen molar-refractivity contribution in [1.82, 2.24) is 15.1 Å². The van der Waals surface area contributed by atoms with Crippen molar-refractivity contribution in [2.24, 2.45) is 0 Å². The predicted molar refractivity (Wildman–Crippen MR) is 75.9 cm³/mol. The summed E-state index contributed by atoms with van der Waals surface area (Å²) in [6.07, 6.45) is 8.43. The molecule has 3 atom stereocenters. The molecule has 1 N–H and O–H groups in total. The van der Waals surface area contributed by atoms with Crippen LogP contribution in [0, 0.1) is 0 Å². The van der Waals surface area contributed by atoms with Crippen LogP contribution in [-0.2, 0) is 0 Å². The first kappa shape index (κ1) is 12.9. The summed E-state index contributed by atoms with van der Waals surface area (Å²) >= 11 is 0. The van der Waals surface area contributed by atoms with Gasteiger partial charge in [0.15, 0.2) is 0 Å². The smallest absolute Gasteiger partial charge is 0.0195 e. The third-order valence-corrected chi connectivity index (χ3v) is 5.26. The van der Waals surface area contributed by atoms with Gasteiger partial charge in [0.05, 0.1) is 0 Å². The van der Waals surface area contributed by atoms with Crippen LogP contribution in [0.4, 0.5) is 0 Å². The van der Waals surface area contributed by atoms with Crippen LogP contribution in [0.25, 0.3) is 0 Å². The summed E-state index contributed by atoms with van der Waals surface area (Å²) in [6.45, 7) is 6.23. The van der Waals surface area contributed by atoms with Gasteiger partial charge in [-0.25, -0.2) is 0 Å². The second-order valence-electron chi connectivity index (χ2n) is 6.73. The van der Waals surface area contributed by atoms with Gasteiger partial charge < -0.3 is 10.2 Å². The Balaban J connectivity index is 1.58. The summed E-state index contributed by atoms with van der Waals surface area (Å²) in [5.41, 5.74) is 0. The summed E-state index contributed by atoms with van der Waals surface area (Å²) in [7, 11) is 2.28. The lowest BCUT2D eigenvalue weighted by Gasteiger charge is -2.42. The molecule has 2 saturated heterocycles. The third-order valence-electron chi connectivity index (χ3n) is 5.26. The molecule has 2 aliphatic heterocycles. The van der Waals surface area contributed by atoms with Crippen molar-refractivity contribution < 1.29 is 0 Å². The van der Waals surface area contributed by atoms with Gasteiger partial charge in [0.25, 0.3) is 0 Å². The van der Waals surface area contributed by atoms with Crippen LogP contribution in [0.3, 0.4) is 0 Å². The van der Waals surface area contributed by atoms with Gasteiger partial charge in [-0.3, -0.25) is 4.90 Å². The number of rotatable bonds is 4. The molecule has 3 heteroatoms. The minimum atomic E-state index is 0.765. The number of hydrogen-bond acceptors (Lipinski definition) is 3. The molecule has 3 aliphatic rings. The Hall–Kier alpha value is -0.120. The number of hydrogen-bond donors (Lipinski definition) is 1. The number of piperidine rings is 1. The molecule has 18 heavy (non-hydrogen) atoms. The Labute approximate surface area is 112 Å². The third kappa shape index (κ3) is 2.89. The lowest BCUT2D eigenvalue weighted by Crippen LogP contribution is -2.51. The maximum Gasteiger partial charge on any atom is 0.0195 e. The van der Waals surface area contributed by atoms with E-state index in [-0.39, 0.29) is 0 Å². The zero-order chi connectivity index (χ0) is 12.5. The highest BCUT2D eigenvalue weighted by Crippen LogP contribution is 2.33. The van der Waals surface area contributed by atoms with Crippen molar-refractivity contribution in [3.63, 3.8) is 0 Å². The molecule has 0 aromatic heterocycles. The molecule has 2 heterocycles. The Kier molecular flexibility index (Phi) is 3.92. The summed E-state index contributed by atoms with van der Waals surface area (Å²) < 4.78 is 0. The number of nitrogens with zero attached hydrogens (tertiary/aromatic N) is 2. The van der Waals surface area contributed by atoms with Gasteiger partial charge >= 0.3 is 0 Å². The van der Waals surface area contributed by atoms with Crippen LogP contribution in [-0.4, -0.2) is 60.6 Å². The fraction of sp³-hybridized carbons (Fsp3) is 1.00. The molecule has 104 valence electrons. The Morgan fingerprint density at radius 1 is 1.17 bits per heavy atom. The first-order chi connectivity index (χ1) is 8.74. The molecule has 3 unspecified atom stereocenters. The lowest BCUT2D eigenvalue weighted by molar-refractivity contribution is 0.0766. The van der Waals surface area contributed by atoms with Crippen LogP contribution in [0.2, 0.25) is 0 Å². The first-order valence-electron chi connectivity index (χ1n) is 7.93. The van der Waals surface area contributed by atoms with E-state index in [0.717, 1.165) is 24.2 Å². The molecule has 0 amide bonds. The fourth-order valence-electron chi connectivity index (χ4n) is 3.74. The molecular formula is C15H29N3. The molecule has 0 spiro atoms. The van der Waals surface area contributed by atoms with Crippen molar-refractivity contribution in [3.8, 4) is 0 Å². The molecule has 3 fully saturated rings. The minimum Gasteiger partial charge on any atom is -0.313 e. The van der Waals surface area contributed by atoms with Gasteiger partial charge in [0.2, 0.25) is 0 Å². The van der Waals surface area contributed by atoms with Crippen LogP contribution in [0.1, 0.15) is 45.4 Å². The van der Waals surface area contributed by atoms with Crippen molar-refractivity contribution in [1.29, 1.82) is 0 Å². The summed E-state index contributed by atoms with van der Waals surface area (Å²) in [4.78, 5) is 5.39. The fourth-order valence-corrected chi connectivity index (χ4v) is 3.74. The van der Waals surface area contributed by atoms with Crippen LogP contribution >= 0.6 is 0 Å². The topological polar surface area (TPSA) is 18.5 Å².